The average molecular weight is 442 g/mol. The highest BCUT2D eigenvalue weighted by atomic mass is 16.3. The lowest BCUT2D eigenvalue weighted by Gasteiger charge is -2.24. The van der Waals surface area contributed by atoms with E-state index in [9.17, 15) is 14.7 Å². The molecular formula is C29H31NO3. The Kier molecular flexibility index (Phi) is 6.22. The van der Waals surface area contributed by atoms with Crippen LogP contribution < -0.4 is 4.90 Å². The summed E-state index contributed by atoms with van der Waals surface area (Å²) in [6.45, 7) is 8.72. The van der Waals surface area contributed by atoms with E-state index in [1.54, 1.807) is 29.2 Å². The van der Waals surface area contributed by atoms with Gasteiger partial charge in [-0.25, -0.2) is 0 Å². The molecule has 3 aromatic carbocycles. The molecule has 4 heteroatoms. The molecule has 0 radical (unpaired) electrons. The van der Waals surface area contributed by atoms with Crippen LogP contribution in [0.4, 0.5) is 5.69 Å². The van der Waals surface area contributed by atoms with E-state index in [1.807, 2.05) is 31.2 Å². The third-order valence-electron chi connectivity index (χ3n) is 6.71. The Hall–Kier alpha value is -3.24. The van der Waals surface area contributed by atoms with Crippen LogP contribution in [0, 0.1) is 6.92 Å². The van der Waals surface area contributed by atoms with Gasteiger partial charge in [-0.15, -0.1) is 0 Å². The fourth-order valence-electron chi connectivity index (χ4n) is 4.49. The van der Waals surface area contributed by atoms with Crippen LogP contribution in [0.1, 0.15) is 71.3 Å². The standard InChI is InChI=1S/C29H31NO3/c1-5-21-11-14-22(15-12-21)27(31)17-29(33)25-8-6-7-9-26(25)30(28(29)32)18-24-16-23(19(2)3)13-10-20(24)4/h6-16,19,33H,5,17-18H2,1-4H3/t29-/m1/s1. The molecule has 0 bridgehead atoms. The van der Waals surface area contributed by atoms with E-state index < -0.39 is 11.5 Å². The first-order chi connectivity index (χ1) is 15.7. The van der Waals surface area contributed by atoms with Gasteiger partial charge in [0, 0.05) is 11.1 Å². The summed E-state index contributed by atoms with van der Waals surface area (Å²) in [5, 5.41) is 11.6. The number of Topliss-reactive ketones (excluding diaryl/α,β-unsaturated/α-hetero) is 1. The van der Waals surface area contributed by atoms with E-state index in [0.717, 1.165) is 23.1 Å². The highest BCUT2D eigenvalue weighted by Crippen LogP contribution is 2.43. The lowest BCUT2D eigenvalue weighted by Crippen LogP contribution is -2.41. The zero-order valence-corrected chi connectivity index (χ0v) is 19.8. The molecule has 1 N–H and O–H groups in total. The Morgan fingerprint density at radius 3 is 2.39 bits per heavy atom. The molecule has 0 spiro atoms. The lowest BCUT2D eigenvalue weighted by molar-refractivity contribution is -0.136. The van der Waals surface area contributed by atoms with Gasteiger partial charge in [-0.2, -0.15) is 0 Å². The van der Waals surface area contributed by atoms with Crippen molar-refractivity contribution >= 4 is 17.4 Å². The lowest BCUT2D eigenvalue weighted by atomic mass is 9.88. The Morgan fingerprint density at radius 2 is 1.73 bits per heavy atom. The molecule has 170 valence electrons. The number of carbonyl (C=O) groups is 2. The van der Waals surface area contributed by atoms with Gasteiger partial charge in [-0.05, 0) is 47.6 Å². The molecule has 4 rings (SSSR count). The number of rotatable bonds is 7. The number of carbonyl (C=O) groups excluding carboxylic acids is 2. The van der Waals surface area contributed by atoms with Crippen LogP contribution in [0.25, 0.3) is 0 Å². The quantitative estimate of drug-likeness (QED) is 0.479. The summed E-state index contributed by atoms with van der Waals surface area (Å²) in [4.78, 5) is 28.3. The number of hydrogen-bond acceptors (Lipinski definition) is 3. The minimum Gasteiger partial charge on any atom is -0.375 e. The van der Waals surface area contributed by atoms with Crippen LogP contribution in [0.3, 0.4) is 0 Å². The molecule has 4 nitrogen and oxygen atoms in total. The molecule has 1 aliphatic rings. The van der Waals surface area contributed by atoms with Crippen molar-refractivity contribution in [2.75, 3.05) is 4.90 Å². The highest BCUT2D eigenvalue weighted by Gasteiger charge is 2.50. The molecule has 1 atom stereocenters. The van der Waals surface area contributed by atoms with Crippen molar-refractivity contribution in [3.8, 4) is 0 Å². The molecule has 0 fully saturated rings. The molecule has 1 heterocycles. The van der Waals surface area contributed by atoms with Gasteiger partial charge in [0.05, 0.1) is 18.7 Å². The Morgan fingerprint density at radius 1 is 1.03 bits per heavy atom. The topological polar surface area (TPSA) is 57.6 Å². The van der Waals surface area contributed by atoms with E-state index in [-0.39, 0.29) is 12.2 Å². The molecule has 3 aromatic rings. The van der Waals surface area contributed by atoms with Gasteiger partial charge >= 0.3 is 0 Å². The van der Waals surface area contributed by atoms with Gasteiger partial charge < -0.3 is 10.0 Å². The van der Waals surface area contributed by atoms with Crippen molar-refractivity contribution in [3.63, 3.8) is 0 Å². The molecule has 0 saturated carbocycles. The number of hydrogen-bond donors (Lipinski definition) is 1. The summed E-state index contributed by atoms with van der Waals surface area (Å²) in [5.41, 5.74) is 4.25. The van der Waals surface area contributed by atoms with Crippen molar-refractivity contribution in [2.24, 2.45) is 0 Å². The number of aryl methyl sites for hydroxylation is 2. The summed E-state index contributed by atoms with van der Waals surface area (Å²) in [6.07, 6.45) is 0.604. The van der Waals surface area contributed by atoms with Gasteiger partial charge in [-0.1, -0.05) is 81.4 Å². The van der Waals surface area contributed by atoms with Crippen molar-refractivity contribution in [2.45, 2.75) is 58.6 Å². The number of amides is 1. The predicted molar refractivity (Wildman–Crippen MR) is 132 cm³/mol. The summed E-state index contributed by atoms with van der Waals surface area (Å²) < 4.78 is 0. The average Bonchev–Trinajstić information content (AvgIpc) is 3.02. The normalized spacial score (nSPS) is 17.5. The van der Waals surface area contributed by atoms with Crippen LogP contribution in [0.15, 0.2) is 66.7 Å². The second kappa shape index (κ2) is 8.95. The smallest absolute Gasteiger partial charge is 0.264 e. The van der Waals surface area contributed by atoms with Gasteiger partial charge in [0.1, 0.15) is 0 Å². The van der Waals surface area contributed by atoms with Crippen LogP contribution >= 0.6 is 0 Å². The van der Waals surface area contributed by atoms with Crippen LogP contribution in [0.2, 0.25) is 0 Å². The maximum absolute atomic E-state index is 13.6. The number of aliphatic hydroxyl groups is 1. The second-order valence-electron chi connectivity index (χ2n) is 9.26. The summed E-state index contributed by atoms with van der Waals surface area (Å²) in [5.74, 6) is -0.320. The van der Waals surface area contributed by atoms with E-state index in [2.05, 4.69) is 39.0 Å². The number of ketones is 1. The Labute approximate surface area is 195 Å². The molecule has 0 aliphatic carbocycles. The molecule has 1 amide bonds. The van der Waals surface area contributed by atoms with E-state index in [0.29, 0.717) is 29.3 Å². The molecule has 0 aromatic heterocycles. The zero-order chi connectivity index (χ0) is 23.8. The van der Waals surface area contributed by atoms with Crippen molar-refractivity contribution in [3.05, 3.63) is 100 Å². The second-order valence-corrected chi connectivity index (χ2v) is 9.26. The molecule has 1 aliphatic heterocycles. The van der Waals surface area contributed by atoms with Crippen molar-refractivity contribution < 1.29 is 14.7 Å². The van der Waals surface area contributed by atoms with Gasteiger partial charge in [0.2, 0.25) is 0 Å². The van der Waals surface area contributed by atoms with Crippen molar-refractivity contribution in [1.29, 1.82) is 0 Å². The zero-order valence-electron chi connectivity index (χ0n) is 19.8. The maximum Gasteiger partial charge on any atom is 0.264 e. The number of anilines is 1. The Bertz CT molecular complexity index is 1200. The first-order valence-corrected chi connectivity index (χ1v) is 11.6. The molecule has 33 heavy (non-hydrogen) atoms. The number of fused-ring (bicyclic) bond motifs is 1. The van der Waals surface area contributed by atoms with Crippen LogP contribution in [-0.2, 0) is 23.4 Å². The first kappa shape index (κ1) is 22.9. The van der Waals surface area contributed by atoms with E-state index >= 15 is 0 Å². The van der Waals surface area contributed by atoms with Crippen molar-refractivity contribution in [1.82, 2.24) is 0 Å². The molecule has 0 unspecified atom stereocenters. The number of para-hydroxylation sites is 1. The van der Waals surface area contributed by atoms with E-state index in [4.69, 9.17) is 0 Å². The van der Waals surface area contributed by atoms with E-state index in [1.165, 1.54) is 5.56 Å². The predicted octanol–water partition coefficient (Wildman–Crippen LogP) is 5.69. The van der Waals surface area contributed by atoms with Crippen LogP contribution in [0.5, 0.6) is 0 Å². The Balaban J connectivity index is 1.67. The summed E-state index contributed by atoms with van der Waals surface area (Å²) in [6, 6.07) is 20.9. The summed E-state index contributed by atoms with van der Waals surface area (Å²) in [7, 11) is 0. The molecule has 0 saturated heterocycles. The number of benzene rings is 3. The molecular weight excluding hydrogens is 410 g/mol. The maximum atomic E-state index is 13.6. The van der Waals surface area contributed by atoms with Gasteiger partial charge in [0.15, 0.2) is 11.4 Å². The fourth-order valence-corrected chi connectivity index (χ4v) is 4.49. The minimum absolute atomic E-state index is 0.247. The number of nitrogens with zero attached hydrogens (tertiary/aromatic N) is 1. The highest BCUT2D eigenvalue weighted by molar-refractivity contribution is 6.10. The van der Waals surface area contributed by atoms with Gasteiger partial charge in [-0.3, -0.25) is 9.59 Å². The fraction of sp³-hybridized carbons (Fsp3) is 0.310. The summed E-state index contributed by atoms with van der Waals surface area (Å²) >= 11 is 0. The third-order valence-corrected chi connectivity index (χ3v) is 6.71. The largest absolute Gasteiger partial charge is 0.375 e. The van der Waals surface area contributed by atoms with Gasteiger partial charge in [0.25, 0.3) is 5.91 Å². The van der Waals surface area contributed by atoms with Crippen LogP contribution in [-0.4, -0.2) is 16.8 Å². The third kappa shape index (κ3) is 4.23. The minimum atomic E-state index is -1.87. The first-order valence-electron chi connectivity index (χ1n) is 11.6. The monoisotopic (exact) mass is 441 g/mol. The SMILES string of the molecule is CCc1ccc(C(=O)C[C@]2(O)C(=O)N(Cc3cc(C(C)C)ccc3C)c3ccccc32)cc1.